The minimum atomic E-state index is -0.716. The fraction of sp³-hybridized carbons (Fsp3) is 0.867. The van der Waals surface area contributed by atoms with E-state index in [9.17, 15) is 9.59 Å². The van der Waals surface area contributed by atoms with Crippen LogP contribution in [0.2, 0.25) is 0 Å². The average Bonchev–Trinajstić information content (AvgIpc) is 2.94. The number of hydrogen-bond donors (Lipinski definition) is 1. The molecule has 2 fully saturated rings. The summed E-state index contributed by atoms with van der Waals surface area (Å²) in [6, 6.07) is 0.192. The zero-order chi connectivity index (χ0) is 14.5. The predicted molar refractivity (Wildman–Crippen MR) is 76.5 cm³/mol. The molecule has 5 nitrogen and oxygen atoms in total. The van der Waals surface area contributed by atoms with E-state index in [2.05, 4.69) is 6.92 Å². The second-order valence-corrected chi connectivity index (χ2v) is 6.15. The maximum atomic E-state index is 12.4. The Labute approximate surface area is 120 Å². The van der Waals surface area contributed by atoms with E-state index in [1.165, 1.54) is 0 Å². The highest BCUT2D eigenvalue weighted by Gasteiger charge is 2.30. The lowest BCUT2D eigenvalue weighted by Gasteiger charge is -2.34. The number of rotatable bonds is 4. The van der Waals surface area contributed by atoms with Crippen LogP contribution in [0.5, 0.6) is 0 Å². The maximum absolute atomic E-state index is 12.4. The van der Waals surface area contributed by atoms with E-state index in [4.69, 9.17) is 5.11 Å². The number of piperidine rings is 1. The van der Waals surface area contributed by atoms with Gasteiger partial charge in [0.25, 0.3) is 0 Å². The molecule has 2 aliphatic heterocycles. The van der Waals surface area contributed by atoms with E-state index in [-0.39, 0.29) is 12.5 Å². The van der Waals surface area contributed by atoms with Crippen LogP contribution < -0.4 is 0 Å². The van der Waals surface area contributed by atoms with Crippen LogP contribution in [0.4, 0.5) is 4.79 Å². The van der Waals surface area contributed by atoms with Crippen molar-refractivity contribution in [3.05, 3.63) is 0 Å². The fourth-order valence-electron chi connectivity index (χ4n) is 3.28. The first-order chi connectivity index (χ1) is 9.60. The van der Waals surface area contributed by atoms with E-state index < -0.39 is 5.97 Å². The molecule has 1 N–H and O–H groups in total. The molecule has 0 aromatic heterocycles. The number of urea groups is 1. The van der Waals surface area contributed by atoms with Crippen LogP contribution in [0.3, 0.4) is 0 Å². The molecule has 0 spiro atoms. The average molecular weight is 282 g/mol. The molecule has 0 bridgehead atoms. The third kappa shape index (κ3) is 3.87. The van der Waals surface area contributed by atoms with Crippen molar-refractivity contribution in [2.24, 2.45) is 11.8 Å². The van der Waals surface area contributed by atoms with E-state index in [0.717, 1.165) is 58.3 Å². The Hall–Kier alpha value is -1.26. The van der Waals surface area contributed by atoms with Gasteiger partial charge in [0.1, 0.15) is 0 Å². The van der Waals surface area contributed by atoms with Crippen molar-refractivity contribution < 1.29 is 14.7 Å². The zero-order valence-corrected chi connectivity index (χ0v) is 12.4. The van der Waals surface area contributed by atoms with Gasteiger partial charge in [-0.15, -0.1) is 0 Å². The summed E-state index contributed by atoms with van der Waals surface area (Å²) in [5.74, 6) is 0.426. The highest BCUT2D eigenvalue weighted by Crippen LogP contribution is 2.25. The molecule has 2 rings (SSSR count). The third-order valence-electron chi connectivity index (χ3n) is 4.79. The van der Waals surface area contributed by atoms with Crippen LogP contribution in [0, 0.1) is 11.8 Å². The first kappa shape index (κ1) is 15.1. The van der Waals surface area contributed by atoms with Crippen molar-refractivity contribution in [2.75, 3.05) is 26.2 Å². The summed E-state index contributed by atoms with van der Waals surface area (Å²) >= 11 is 0. The van der Waals surface area contributed by atoms with Crippen LogP contribution in [0.1, 0.15) is 45.4 Å². The number of carboxylic acid groups (broad SMARTS) is 1. The van der Waals surface area contributed by atoms with Crippen molar-refractivity contribution in [2.45, 2.75) is 45.4 Å². The number of carbonyl (C=O) groups excluding carboxylic acids is 1. The molecule has 0 saturated carbocycles. The van der Waals surface area contributed by atoms with Crippen molar-refractivity contribution in [1.82, 2.24) is 9.80 Å². The van der Waals surface area contributed by atoms with Crippen molar-refractivity contribution >= 4 is 12.0 Å². The number of aliphatic carboxylic acids is 1. The van der Waals surface area contributed by atoms with Crippen molar-refractivity contribution in [3.8, 4) is 0 Å². The van der Waals surface area contributed by atoms with Gasteiger partial charge in [-0.25, -0.2) is 4.79 Å². The fourth-order valence-corrected chi connectivity index (χ4v) is 3.28. The zero-order valence-electron chi connectivity index (χ0n) is 12.4. The lowest BCUT2D eigenvalue weighted by molar-refractivity contribution is -0.137. The largest absolute Gasteiger partial charge is 0.481 e. The summed E-state index contributed by atoms with van der Waals surface area (Å²) in [5.41, 5.74) is 0. The minimum Gasteiger partial charge on any atom is -0.481 e. The Morgan fingerprint density at radius 3 is 2.20 bits per heavy atom. The van der Waals surface area contributed by atoms with E-state index in [1.54, 1.807) is 0 Å². The van der Waals surface area contributed by atoms with E-state index in [0.29, 0.717) is 11.8 Å². The van der Waals surface area contributed by atoms with E-state index >= 15 is 0 Å². The van der Waals surface area contributed by atoms with Gasteiger partial charge in [-0.3, -0.25) is 4.79 Å². The molecule has 2 aliphatic rings. The summed E-state index contributed by atoms with van der Waals surface area (Å²) in [6.07, 6.45) is 5.19. The molecule has 2 saturated heterocycles. The van der Waals surface area contributed by atoms with E-state index in [1.807, 2.05) is 9.80 Å². The number of nitrogens with zero attached hydrogens (tertiary/aromatic N) is 2. The standard InChI is InChI=1S/C15H26N2O3/c1-2-12-5-10-17(11-12)15(20)16-8-6-13(7-9-16)3-4-14(18)19/h12-13H,2-11H2,1H3,(H,18,19). The van der Waals surface area contributed by atoms with Crippen molar-refractivity contribution in [1.29, 1.82) is 0 Å². The molecule has 0 radical (unpaired) electrons. The SMILES string of the molecule is CCC1CCN(C(=O)N2CCC(CCC(=O)O)CC2)C1. The molecule has 1 atom stereocenters. The first-order valence-corrected chi connectivity index (χ1v) is 7.85. The molecule has 1 unspecified atom stereocenters. The monoisotopic (exact) mass is 282 g/mol. The molecule has 20 heavy (non-hydrogen) atoms. The number of carbonyl (C=O) groups is 2. The predicted octanol–water partition coefficient (Wildman–Crippen LogP) is 2.42. The van der Waals surface area contributed by atoms with Gasteiger partial charge >= 0.3 is 12.0 Å². The molecule has 2 amide bonds. The van der Waals surface area contributed by atoms with Gasteiger partial charge in [0.15, 0.2) is 0 Å². The second-order valence-electron chi connectivity index (χ2n) is 6.15. The Morgan fingerprint density at radius 2 is 1.65 bits per heavy atom. The lowest BCUT2D eigenvalue weighted by atomic mass is 9.92. The minimum absolute atomic E-state index is 0.192. The molecule has 0 aliphatic carbocycles. The summed E-state index contributed by atoms with van der Waals surface area (Å²) in [6.45, 7) is 5.57. The van der Waals surface area contributed by atoms with Gasteiger partial charge < -0.3 is 14.9 Å². The molecule has 0 aromatic rings. The smallest absolute Gasteiger partial charge is 0.320 e. The highest BCUT2D eigenvalue weighted by atomic mass is 16.4. The normalized spacial score (nSPS) is 24.1. The Kier molecular flexibility index (Phi) is 5.26. The number of likely N-dealkylation sites (tertiary alicyclic amines) is 2. The highest BCUT2D eigenvalue weighted by molar-refractivity contribution is 5.74. The van der Waals surface area contributed by atoms with Gasteiger partial charge in [-0.1, -0.05) is 13.3 Å². The Bertz CT molecular complexity index is 351. The number of hydrogen-bond acceptors (Lipinski definition) is 2. The van der Waals surface area contributed by atoms with Crippen LogP contribution in [0.25, 0.3) is 0 Å². The second kappa shape index (κ2) is 6.95. The molecule has 0 aromatic carbocycles. The Morgan fingerprint density at radius 1 is 1.05 bits per heavy atom. The first-order valence-electron chi connectivity index (χ1n) is 7.85. The maximum Gasteiger partial charge on any atom is 0.320 e. The van der Waals surface area contributed by atoms with Crippen LogP contribution in [-0.4, -0.2) is 53.1 Å². The Balaban J connectivity index is 1.73. The summed E-state index contributed by atoms with van der Waals surface area (Å²) in [4.78, 5) is 26.9. The summed E-state index contributed by atoms with van der Waals surface area (Å²) in [5, 5.41) is 8.70. The van der Waals surface area contributed by atoms with Crippen LogP contribution >= 0.6 is 0 Å². The van der Waals surface area contributed by atoms with Gasteiger partial charge in [0.2, 0.25) is 0 Å². The summed E-state index contributed by atoms with van der Waals surface area (Å²) < 4.78 is 0. The molecule has 114 valence electrons. The molecule has 2 heterocycles. The van der Waals surface area contributed by atoms with Crippen LogP contribution in [-0.2, 0) is 4.79 Å². The molecular formula is C15H26N2O3. The topological polar surface area (TPSA) is 60.9 Å². The number of carboxylic acids is 1. The van der Waals surface area contributed by atoms with Gasteiger partial charge in [0, 0.05) is 32.6 Å². The van der Waals surface area contributed by atoms with Crippen molar-refractivity contribution in [3.63, 3.8) is 0 Å². The molecule has 5 heteroatoms. The number of amides is 2. The van der Waals surface area contributed by atoms with Gasteiger partial charge in [-0.2, -0.15) is 0 Å². The third-order valence-corrected chi connectivity index (χ3v) is 4.79. The van der Waals surface area contributed by atoms with Crippen LogP contribution in [0.15, 0.2) is 0 Å². The summed E-state index contributed by atoms with van der Waals surface area (Å²) in [7, 11) is 0. The van der Waals surface area contributed by atoms with Gasteiger partial charge in [-0.05, 0) is 37.5 Å². The molecular weight excluding hydrogens is 256 g/mol. The lowest BCUT2D eigenvalue weighted by Crippen LogP contribution is -2.46. The van der Waals surface area contributed by atoms with Gasteiger partial charge in [0.05, 0.1) is 0 Å². The quantitative estimate of drug-likeness (QED) is 0.861.